The summed E-state index contributed by atoms with van der Waals surface area (Å²) < 4.78 is 10.9. The number of methoxy groups -OCH3 is 2. The van der Waals surface area contributed by atoms with Crippen LogP contribution >= 0.6 is 0 Å². The number of carbonyl (C=O) groups excluding carboxylic acids is 2. The van der Waals surface area contributed by atoms with Crippen molar-refractivity contribution in [2.75, 3.05) is 65.4 Å². The molecule has 194 valence electrons. The Morgan fingerprint density at radius 1 is 0.861 bits per heavy atom. The van der Waals surface area contributed by atoms with Crippen molar-refractivity contribution in [3.8, 4) is 11.5 Å². The molecule has 0 spiro atoms. The second-order valence-electron chi connectivity index (χ2n) is 9.71. The normalized spacial score (nSPS) is 17.6. The molecule has 0 bridgehead atoms. The molecule has 36 heavy (non-hydrogen) atoms. The zero-order valence-corrected chi connectivity index (χ0v) is 22.0. The average Bonchev–Trinajstić information content (AvgIpc) is 2.91. The first-order valence-corrected chi connectivity index (χ1v) is 12.7. The first kappa shape index (κ1) is 26.0. The zero-order chi connectivity index (χ0) is 25.7. The molecule has 2 aromatic carbocycles. The maximum atomic E-state index is 13.6. The predicted octanol–water partition coefficient (Wildman–Crippen LogP) is 2.78. The largest absolute Gasteiger partial charge is 0.493 e. The van der Waals surface area contributed by atoms with Crippen LogP contribution in [0.25, 0.3) is 0 Å². The molecule has 0 radical (unpaired) electrons. The van der Waals surface area contributed by atoms with Crippen LogP contribution < -0.4 is 14.4 Å². The maximum Gasteiger partial charge on any atom is 0.237 e. The van der Waals surface area contributed by atoms with Gasteiger partial charge in [-0.1, -0.05) is 18.2 Å². The highest BCUT2D eigenvalue weighted by Gasteiger charge is 2.25. The third kappa shape index (κ3) is 5.99. The van der Waals surface area contributed by atoms with Gasteiger partial charge in [-0.25, -0.2) is 0 Å². The molecule has 0 saturated carbocycles. The Morgan fingerprint density at radius 3 is 2.31 bits per heavy atom. The van der Waals surface area contributed by atoms with Crippen LogP contribution in [0.5, 0.6) is 11.5 Å². The van der Waals surface area contributed by atoms with E-state index in [1.807, 2.05) is 40.1 Å². The van der Waals surface area contributed by atoms with Gasteiger partial charge in [-0.15, -0.1) is 0 Å². The van der Waals surface area contributed by atoms with E-state index in [0.717, 1.165) is 49.5 Å². The molecule has 0 unspecified atom stereocenters. The van der Waals surface area contributed by atoms with Gasteiger partial charge in [0.15, 0.2) is 11.5 Å². The lowest BCUT2D eigenvalue weighted by Gasteiger charge is -2.32. The van der Waals surface area contributed by atoms with Gasteiger partial charge in [-0.2, -0.15) is 0 Å². The lowest BCUT2D eigenvalue weighted by atomic mass is 9.98. The molecule has 4 rings (SSSR count). The lowest BCUT2D eigenvalue weighted by Crippen LogP contribution is -2.44. The molecule has 2 aliphatic heterocycles. The first-order valence-electron chi connectivity index (χ1n) is 12.7. The predicted molar refractivity (Wildman–Crippen MR) is 141 cm³/mol. The summed E-state index contributed by atoms with van der Waals surface area (Å²) in [6, 6.07) is 12.0. The number of benzene rings is 2. The number of carbonyl (C=O) groups is 2. The van der Waals surface area contributed by atoms with Gasteiger partial charge in [0.05, 0.1) is 20.8 Å². The van der Waals surface area contributed by atoms with Crippen molar-refractivity contribution in [3.63, 3.8) is 0 Å². The molecule has 2 amide bonds. The van der Waals surface area contributed by atoms with E-state index in [4.69, 9.17) is 9.47 Å². The molecule has 2 heterocycles. The number of anilines is 1. The minimum Gasteiger partial charge on any atom is -0.493 e. The number of fused-ring (bicyclic) bond motifs is 2. The number of hydrogen-bond acceptors (Lipinski definition) is 6. The molecule has 8 nitrogen and oxygen atoms in total. The minimum atomic E-state index is 0.0290. The second-order valence-corrected chi connectivity index (χ2v) is 9.71. The van der Waals surface area contributed by atoms with Gasteiger partial charge < -0.3 is 24.2 Å². The van der Waals surface area contributed by atoms with Crippen LogP contribution in [0.3, 0.4) is 0 Å². The van der Waals surface area contributed by atoms with Crippen molar-refractivity contribution >= 4 is 17.5 Å². The van der Waals surface area contributed by atoms with Crippen molar-refractivity contribution in [2.45, 2.75) is 32.9 Å². The molecule has 8 heteroatoms. The summed E-state index contributed by atoms with van der Waals surface area (Å²) in [5.74, 6) is 1.59. The van der Waals surface area contributed by atoms with Gasteiger partial charge in [0, 0.05) is 51.9 Å². The third-order valence-corrected chi connectivity index (χ3v) is 7.21. The fraction of sp³-hybridized carbons (Fsp3) is 0.500. The van der Waals surface area contributed by atoms with Gasteiger partial charge in [0.1, 0.15) is 0 Å². The molecular weight excluding hydrogens is 456 g/mol. The number of hydrogen-bond donors (Lipinski definition) is 0. The molecule has 0 fully saturated rings. The standard InChI is InChI=1S/C28H38N4O4/c1-21(33)32-12-7-11-29(2)14-15-31(19-23-8-5-6-9-25(23)32)28(34)20-30-13-10-22-16-26(35-3)27(36-4)17-24(22)18-30/h5-6,8-9,16-17H,7,10-15,18-20H2,1-4H3. The quantitative estimate of drug-likeness (QED) is 0.651. The van der Waals surface area contributed by atoms with Crippen LogP contribution in [-0.4, -0.2) is 87.0 Å². The Bertz CT molecular complexity index is 1090. The van der Waals surface area contributed by atoms with E-state index in [-0.39, 0.29) is 11.8 Å². The van der Waals surface area contributed by atoms with Crippen molar-refractivity contribution in [1.29, 1.82) is 0 Å². The number of nitrogens with zero attached hydrogens (tertiary/aromatic N) is 4. The summed E-state index contributed by atoms with van der Waals surface area (Å²) in [5, 5.41) is 0. The van der Waals surface area contributed by atoms with Gasteiger partial charge in [0.2, 0.25) is 11.8 Å². The lowest BCUT2D eigenvalue weighted by molar-refractivity contribution is -0.133. The number of ether oxygens (including phenoxy) is 2. The van der Waals surface area contributed by atoms with E-state index in [0.29, 0.717) is 38.5 Å². The molecule has 0 atom stereocenters. The number of rotatable bonds is 4. The van der Waals surface area contributed by atoms with Crippen LogP contribution in [0.15, 0.2) is 36.4 Å². The number of amides is 2. The highest BCUT2D eigenvalue weighted by molar-refractivity contribution is 5.92. The summed E-state index contributed by atoms with van der Waals surface area (Å²) in [7, 11) is 5.37. The summed E-state index contributed by atoms with van der Waals surface area (Å²) in [5.41, 5.74) is 4.32. The van der Waals surface area contributed by atoms with E-state index in [2.05, 4.69) is 22.9 Å². The van der Waals surface area contributed by atoms with E-state index in [1.54, 1.807) is 21.1 Å². The van der Waals surface area contributed by atoms with Crippen molar-refractivity contribution in [2.24, 2.45) is 0 Å². The van der Waals surface area contributed by atoms with Crippen LogP contribution in [0.2, 0.25) is 0 Å². The smallest absolute Gasteiger partial charge is 0.237 e. The summed E-state index contributed by atoms with van der Waals surface area (Å²) in [6.07, 6.45) is 1.75. The van der Waals surface area contributed by atoms with Crippen LogP contribution in [0.1, 0.15) is 30.0 Å². The fourth-order valence-electron chi connectivity index (χ4n) is 5.12. The number of likely N-dealkylation sites (N-methyl/N-ethyl adjacent to an activating group) is 1. The molecule has 2 aliphatic rings. The topological polar surface area (TPSA) is 65.6 Å². The van der Waals surface area contributed by atoms with Gasteiger partial charge in [0.25, 0.3) is 0 Å². The van der Waals surface area contributed by atoms with Crippen molar-refractivity contribution in [3.05, 3.63) is 53.1 Å². The minimum absolute atomic E-state index is 0.0290. The summed E-state index contributed by atoms with van der Waals surface area (Å²) in [6.45, 7) is 6.97. The van der Waals surface area contributed by atoms with Gasteiger partial charge in [-0.05, 0) is 61.3 Å². The van der Waals surface area contributed by atoms with Crippen molar-refractivity contribution < 1.29 is 19.1 Å². The van der Waals surface area contributed by atoms with E-state index < -0.39 is 0 Å². The van der Waals surface area contributed by atoms with E-state index in [9.17, 15) is 9.59 Å². The second kappa shape index (κ2) is 11.8. The van der Waals surface area contributed by atoms with Crippen LogP contribution in [0.4, 0.5) is 5.69 Å². The summed E-state index contributed by atoms with van der Waals surface area (Å²) in [4.78, 5) is 34.3. The Balaban J connectivity index is 1.52. The molecule has 0 aliphatic carbocycles. The number of para-hydroxylation sites is 1. The Morgan fingerprint density at radius 2 is 1.58 bits per heavy atom. The third-order valence-electron chi connectivity index (χ3n) is 7.21. The monoisotopic (exact) mass is 494 g/mol. The zero-order valence-electron chi connectivity index (χ0n) is 22.0. The summed E-state index contributed by atoms with van der Waals surface area (Å²) >= 11 is 0. The Labute approximate surface area is 214 Å². The van der Waals surface area contributed by atoms with E-state index in [1.165, 1.54) is 11.1 Å². The fourth-order valence-corrected chi connectivity index (χ4v) is 5.12. The molecule has 0 N–H and O–H groups in total. The highest BCUT2D eigenvalue weighted by atomic mass is 16.5. The van der Waals surface area contributed by atoms with Gasteiger partial charge in [-0.3, -0.25) is 14.5 Å². The Hall–Kier alpha value is -3.10. The van der Waals surface area contributed by atoms with Gasteiger partial charge >= 0.3 is 0 Å². The molecular formula is C28H38N4O4. The highest BCUT2D eigenvalue weighted by Crippen LogP contribution is 2.33. The van der Waals surface area contributed by atoms with Crippen LogP contribution in [-0.2, 0) is 29.1 Å². The SMILES string of the molecule is COc1cc2c(cc1OC)CN(CC(=O)N1CCN(C)CCCN(C(C)=O)c3ccccc3C1)CC2. The Kier molecular flexibility index (Phi) is 8.48. The van der Waals surface area contributed by atoms with Crippen LogP contribution in [0, 0.1) is 0 Å². The molecule has 2 aromatic rings. The van der Waals surface area contributed by atoms with Crippen molar-refractivity contribution in [1.82, 2.24) is 14.7 Å². The molecule has 0 aromatic heterocycles. The first-order chi connectivity index (χ1) is 17.4. The van der Waals surface area contributed by atoms with E-state index >= 15 is 0 Å². The maximum absolute atomic E-state index is 13.6. The molecule has 0 saturated heterocycles. The average molecular weight is 495 g/mol.